The molecule has 0 spiro atoms. The predicted octanol–water partition coefficient (Wildman–Crippen LogP) is 1.57. The third-order valence-corrected chi connectivity index (χ3v) is 3.41. The second-order valence-corrected chi connectivity index (χ2v) is 4.93. The van der Waals surface area contributed by atoms with Crippen LogP contribution < -0.4 is 5.69 Å². The number of nitrogens with zero attached hydrogens (tertiary/aromatic N) is 3. The summed E-state index contributed by atoms with van der Waals surface area (Å²) < 4.78 is 1.47. The normalized spacial score (nSPS) is 10.6. The summed E-state index contributed by atoms with van der Waals surface area (Å²) in [5.41, 5.74) is 3.18. The molecule has 2 aromatic rings. The Labute approximate surface area is 122 Å². The van der Waals surface area contributed by atoms with E-state index >= 15 is 0 Å². The van der Waals surface area contributed by atoms with Gasteiger partial charge in [0.2, 0.25) is 0 Å². The number of aromatic nitrogens is 3. The molecule has 2 aromatic heterocycles. The molecule has 6 heteroatoms. The summed E-state index contributed by atoms with van der Waals surface area (Å²) in [5.74, 6) is -0.872. The maximum absolute atomic E-state index is 12.1. The van der Waals surface area contributed by atoms with E-state index in [2.05, 4.69) is 9.97 Å². The molecular formula is C15H17N3O3. The Morgan fingerprint density at radius 1 is 1.29 bits per heavy atom. The Hall–Kier alpha value is -2.50. The van der Waals surface area contributed by atoms with Crippen LogP contribution >= 0.6 is 0 Å². The van der Waals surface area contributed by atoms with Gasteiger partial charge >= 0.3 is 11.7 Å². The molecule has 0 radical (unpaired) electrons. The first kappa shape index (κ1) is 14.9. The summed E-state index contributed by atoms with van der Waals surface area (Å²) >= 11 is 0. The first-order valence-electron chi connectivity index (χ1n) is 6.64. The summed E-state index contributed by atoms with van der Waals surface area (Å²) in [6.45, 7) is 5.39. The number of aliphatic carboxylic acids is 1. The molecule has 6 nitrogen and oxygen atoms in total. The largest absolute Gasteiger partial charge is 0.481 e. The number of hydrogen-bond donors (Lipinski definition) is 1. The van der Waals surface area contributed by atoms with Crippen LogP contribution in [0.3, 0.4) is 0 Å². The smallest absolute Gasteiger partial charge is 0.352 e. The van der Waals surface area contributed by atoms with Crippen molar-refractivity contribution in [3.05, 3.63) is 51.5 Å². The van der Waals surface area contributed by atoms with Gasteiger partial charge in [0, 0.05) is 23.5 Å². The molecule has 2 heterocycles. The lowest BCUT2D eigenvalue weighted by molar-refractivity contribution is -0.136. The molecule has 0 unspecified atom stereocenters. The van der Waals surface area contributed by atoms with Gasteiger partial charge in [0.25, 0.3) is 0 Å². The van der Waals surface area contributed by atoms with E-state index in [0.717, 1.165) is 11.3 Å². The van der Waals surface area contributed by atoms with Gasteiger partial charge in [0.05, 0.1) is 11.9 Å². The molecule has 0 saturated carbocycles. The molecule has 0 bridgehead atoms. The molecule has 0 fully saturated rings. The molecular weight excluding hydrogens is 270 g/mol. The van der Waals surface area contributed by atoms with Gasteiger partial charge < -0.3 is 5.11 Å². The molecule has 0 aliphatic heterocycles. The van der Waals surface area contributed by atoms with Gasteiger partial charge in [-0.3, -0.25) is 14.3 Å². The van der Waals surface area contributed by atoms with Gasteiger partial charge in [0.1, 0.15) is 0 Å². The second-order valence-electron chi connectivity index (χ2n) is 4.93. The van der Waals surface area contributed by atoms with Crippen molar-refractivity contribution < 1.29 is 9.90 Å². The van der Waals surface area contributed by atoms with E-state index in [4.69, 9.17) is 5.11 Å². The van der Waals surface area contributed by atoms with E-state index in [9.17, 15) is 9.59 Å². The molecule has 0 saturated heterocycles. The number of pyridine rings is 1. The lowest BCUT2D eigenvalue weighted by Gasteiger charge is -2.15. The first-order chi connectivity index (χ1) is 9.90. The van der Waals surface area contributed by atoms with Gasteiger partial charge in [-0.15, -0.1) is 0 Å². The monoisotopic (exact) mass is 287 g/mol. The van der Waals surface area contributed by atoms with E-state index in [1.54, 1.807) is 26.1 Å². The van der Waals surface area contributed by atoms with Crippen LogP contribution in [0.15, 0.2) is 23.1 Å². The average molecular weight is 287 g/mol. The van der Waals surface area contributed by atoms with Crippen molar-refractivity contribution in [2.75, 3.05) is 0 Å². The van der Waals surface area contributed by atoms with Crippen LogP contribution in [0.1, 0.15) is 29.1 Å². The SMILES string of the molecule is Cc1ccc(-n2c(C)c(CCC(=O)O)c(C)nc2=O)cn1. The average Bonchev–Trinajstić information content (AvgIpc) is 2.40. The Balaban J connectivity index is 2.56. The fourth-order valence-electron chi connectivity index (χ4n) is 2.29. The van der Waals surface area contributed by atoms with Gasteiger partial charge in [-0.1, -0.05) is 0 Å². The van der Waals surface area contributed by atoms with Crippen molar-refractivity contribution in [3.63, 3.8) is 0 Å². The summed E-state index contributed by atoms with van der Waals surface area (Å²) in [6.07, 6.45) is 1.97. The van der Waals surface area contributed by atoms with Crippen molar-refractivity contribution in [1.82, 2.24) is 14.5 Å². The number of carbonyl (C=O) groups is 1. The van der Waals surface area contributed by atoms with Crippen molar-refractivity contribution in [1.29, 1.82) is 0 Å². The standard InChI is InChI=1S/C15H17N3O3/c1-9-4-5-12(8-16-9)18-11(3)13(6-7-14(19)20)10(2)17-15(18)21/h4-5,8H,6-7H2,1-3H3,(H,19,20). The lowest BCUT2D eigenvalue weighted by atomic mass is 10.1. The number of carboxylic acid groups (broad SMARTS) is 1. The van der Waals surface area contributed by atoms with Crippen molar-refractivity contribution >= 4 is 5.97 Å². The Bertz CT molecular complexity index is 733. The molecule has 1 N–H and O–H groups in total. The highest BCUT2D eigenvalue weighted by atomic mass is 16.4. The minimum Gasteiger partial charge on any atom is -0.481 e. The van der Waals surface area contributed by atoms with Crippen LogP contribution in [0.2, 0.25) is 0 Å². The first-order valence-corrected chi connectivity index (χ1v) is 6.64. The van der Waals surface area contributed by atoms with E-state index in [0.29, 0.717) is 23.5 Å². The second kappa shape index (κ2) is 5.87. The molecule has 0 aliphatic carbocycles. The maximum atomic E-state index is 12.1. The van der Waals surface area contributed by atoms with E-state index in [-0.39, 0.29) is 12.1 Å². The Kier molecular flexibility index (Phi) is 4.16. The zero-order chi connectivity index (χ0) is 15.6. The molecule has 0 aliphatic rings. The van der Waals surface area contributed by atoms with Crippen LogP contribution in [-0.2, 0) is 11.2 Å². The number of hydrogen-bond acceptors (Lipinski definition) is 4. The molecule has 0 atom stereocenters. The fourth-order valence-corrected chi connectivity index (χ4v) is 2.29. The summed E-state index contributed by atoms with van der Waals surface area (Å²) in [5, 5.41) is 8.83. The van der Waals surface area contributed by atoms with Gasteiger partial charge in [-0.25, -0.2) is 4.79 Å². The summed E-state index contributed by atoms with van der Waals surface area (Å²) in [7, 11) is 0. The van der Waals surface area contributed by atoms with Gasteiger partial charge in [-0.2, -0.15) is 4.98 Å². The Morgan fingerprint density at radius 3 is 2.57 bits per heavy atom. The molecule has 0 amide bonds. The quantitative estimate of drug-likeness (QED) is 0.922. The molecule has 110 valence electrons. The minimum atomic E-state index is -0.872. The molecule has 2 rings (SSSR count). The third kappa shape index (κ3) is 3.16. The fraction of sp³-hybridized carbons (Fsp3) is 0.333. The van der Waals surface area contributed by atoms with E-state index < -0.39 is 5.97 Å². The number of rotatable bonds is 4. The van der Waals surface area contributed by atoms with Crippen LogP contribution in [-0.4, -0.2) is 25.6 Å². The van der Waals surface area contributed by atoms with Crippen LogP contribution in [0, 0.1) is 20.8 Å². The minimum absolute atomic E-state index is 0.00765. The highest BCUT2D eigenvalue weighted by Crippen LogP contribution is 2.15. The van der Waals surface area contributed by atoms with Crippen LogP contribution in [0.25, 0.3) is 5.69 Å². The van der Waals surface area contributed by atoms with E-state index in [1.807, 2.05) is 13.0 Å². The highest BCUT2D eigenvalue weighted by Gasteiger charge is 2.14. The molecule has 0 aromatic carbocycles. The zero-order valence-electron chi connectivity index (χ0n) is 12.3. The molecule has 21 heavy (non-hydrogen) atoms. The van der Waals surface area contributed by atoms with Gasteiger partial charge in [0.15, 0.2) is 0 Å². The van der Waals surface area contributed by atoms with Crippen LogP contribution in [0.4, 0.5) is 0 Å². The van der Waals surface area contributed by atoms with E-state index in [1.165, 1.54) is 4.57 Å². The van der Waals surface area contributed by atoms with Crippen molar-refractivity contribution in [2.45, 2.75) is 33.6 Å². The number of carboxylic acids is 1. The summed E-state index contributed by atoms with van der Waals surface area (Å²) in [4.78, 5) is 31.1. The van der Waals surface area contributed by atoms with Crippen LogP contribution in [0.5, 0.6) is 0 Å². The Morgan fingerprint density at radius 2 is 2.00 bits per heavy atom. The van der Waals surface area contributed by atoms with Crippen molar-refractivity contribution in [3.8, 4) is 5.69 Å². The van der Waals surface area contributed by atoms with Gasteiger partial charge in [-0.05, 0) is 44.9 Å². The lowest BCUT2D eigenvalue weighted by Crippen LogP contribution is -2.26. The topological polar surface area (TPSA) is 85.1 Å². The third-order valence-electron chi connectivity index (χ3n) is 3.41. The van der Waals surface area contributed by atoms with Crippen molar-refractivity contribution in [2.24, 2.45) is 0 Å². The summed E-state index contributed by atoms with van der Waals surface area (Å²) in [6, 6.07) is 3.62. The highest BCUT2D eigenvalue weighted by molar-refractivity contribution is 5.67. The number of aryl methyl sites for hydroxylation is 2. The maximum Gasteiger partial charge on any atom is 0.352 e. The zero-order valence-corrected chi connectivity index (χ0v) is 12.3. The predicted molar refractivity (Wildman–Crippen MR) is 77.8 cm³/mol.